The topological polar surface area (TPSA) is 34.1 Å². The molecule has 1 aromatic carbocycles. The number of ether oxygens (including phenoxy) is 1. The van der Waals surface area contributed by atoms with Gasteiger partial charge >= 0.3 is 0 Å². The van der Waals surface area contributed by atoms with Crippen LogP contribution in [0.1, 0.15) is 12.6 Å². The van der Waals surface area contributed by atoms with Gasteiger partial charge in [-0.1, -0.05) is 24.6 Å². The summed E-state index contributed by atoms with van der Waals surface area (Å²) in [5.74, 6) is 0.205. The Hall–Kier alpha value is -1.17. The second kappa shape index (κ2) is 7.02. The summed E-state index contributed by atoms with van der Waals surface area (Å²) in [6, 6.07) is 8.14. The number of hydrogen-bond acceptors (Lipinski definition) is 3. The lowest BCUT2D eigenvalue weighted by Crippen LogP contribution is -2.12. The molecule has 0 unspecified atom stereocenters. The number of halogens is 3. The lowest BCUT2D eigenvalue weighted by Gasteiger charge is -2.09. The predicted molar refractivity (Wildman–Crippen MR) is 80.8 cm³/mol. The Bertz CT molecular complexity index is 610. The third kappa shape index (κ3) is 3.91. The molecule has 106 valence electrons. The van der Waals surface area contributed by atoms with E-state index in [0.717, 1.165) is 12.2 Å². The van der Waals surface area contributed by atoms with Crippen molar-refractivity contribution >= 4 is 27.5 Å². The van der Waals surface area contributed by atoms with Crippen molar-refractivity contribution in [1.82, 2.24) is 10.3 Å². The van der Waals surface area contributed by atoms with E-state index in [1.165, 1.54) is 12.1 Å². The second-order valence-electron chi connectivity index (χ2n) is 4.05. The molecule has 1 heterocycles. The van der Waals surface area contributed by atoms with Gasteiger partial charge in [-0.2, -0.15) is 0 Å². The molecule has 0 amide bonds. The van der Waals surface area contributed by atoms with E-state index < -0.39 is 5.82 Å². The summed E-state index contributed by atoms with van der Waals surface area (Å²) in [6.07, 6.45) is 0. The molecule has 2 rings (SSSR count). The van der Waals surface area contributed by atoms with Crippen LogP contribution >= 0.6 is 27.5 Å². The quantitative estimate of drug-likeness (QED) is 0.796. The molecule has 0 fully saturated rings. The van der Waals surface area contributed by atoms with Crippen LogP contribution in [0.4, 0.5) is 4.39 Å². The molecule has 0 aliphatic heterocycles. The van der Waals surface area contributed by atoms with Crippen LogP contribution in [0.5, 0.6) is 11.6 Å². The van der Waals surface area contributed by atoms with Gasteiger partial charge in [-0.15, -0.1) is 0 Å². The molecule has 0 bridgehead atoms. The standard InChI is InChI=1S/C14H13BrClFN2O/c1-2-18-8-9-4-3-5-14(19-9)20-13-7-12(17)11(16)6-10(13)15/h3-7,18H,2,8H2,1H3. The van der Waals surface area contributed by atoms with Crippen LogP contribution in [-0.2, 0) is 6.54 Å². The lowest BCUT2D eigenvalue weighted by atomic mass is 10.3. The lowest BCUT2D eigenvalue weighted by molar-refractivity contribution is 0.452. The summed E-state index contributed by atoms with van der Waals surface area (Å²) in [4.78, 5) is 4.34. The van der Waals surface area contributed by atoms with Crippen LogP contribution in [0.3, 0.4) is 0 Å². The maximum absolute atomic E-state index is 13.4. The third-order valence-electron chi connectivity index (χ3n) is 2.53. The van der Waals surface area contributed by atoms with E-state index in [0.29, 0.717) is 22.6 Å². The fraction of sp³-hybridized carbons (Fsp3) is 0.214. The zero-order valence-corrected chi connectivity index (χ0v) is 13.1. The highest BCUT2D eigenvalue weighted by atomic mass is 79.9. The fourth-order valence-electron chi connectivity index (χ4n) is 1.56. The summed E-state index contributed by atoms with van der Waals surface area (Å²) >= 11 is 8.97. The maximum atomic E-state index is 13.4. The molecular formula is C14H13BrClFN2O. The maximum Gasteiger partial charge on any atom is 0.219 e. The van der Waals surface area contributed by atoms with Gasteiger partial charge in [-0.25, -0.2) is 9.37 Å². The number of rotatable bonds is 5. The first-order chi connectivity index (χ1) is 9.60. The van der Waals surface area contributed by atoms with Crippen molar-refractivity contribution in [3.8, 4) is 11.6 Å². The van der Waals surface area contributed by atoms with Crippen molar-refractivity contribution in [2.45, 2.75) is 13.5 Å². The Morgan fingerprint density at radius 1 is 1.40 bits per heavy atom. The average molecular weight is 360 g/mol. The number of nitrogens with one attached hydrogen (secondary N) is 1. The van der Waals surface area contributed by atoms with Crippen LogP contribution in [0, 0.1) is 5.82 Å². The van der Waals surface area contributed by atoms with Crippen LogP contribution in [0.15, 0.2) is 34.8 Å². The monoisotopic (exact) mass is 358 g/mol. The van der Waals surface area contributed by atoms with Crippen molar-refractivity contribution in [1.29, 1.82) is 0 Å². The number of pyridine rings is 1. The highest BCUT2D eigenvalue weighted by Crippen LogP contribution is 2.33. The Kier molecular flexibility index (Phi) is 5.34. The van der Waals surface area contributed by atoms with E-state index in [9.17, 15) is 4.39 Å². The largest absolute Gasteiger partial charge is 0.438 e. The molecule has 0 spiro atoms. The summed E-state index contributed by atoms with van der Waals surface area (Å²) in [7, 11) is 0. The first-order valence-corrected chi connectivity index (χ1v) is 7.26. The molecule has 0 saturated heterocycles. The average Bonchev–Trinajstić information content (AvgIpc) is 2.43. The van der Waals surface area contributed by atoms with E-state index in [4.69, 9.17) is 16.3 Å². The molecule has 20 heavy (non-hydrogen) atoms. The number of aromatic nitrogens is 1. The number of nitrogens with zero attached hydrogens (tertiary/aromatic N) is 1. The summed E-state index contributed by atoms with van der Waals surface area (Å²) < 4.78 is 19.6. The summed E-state index contributed by atoms with van der Waals surface area (Å²) in [5, 5.41) is 3.22. The molecule has 0 atom stereocenters. The Labute approximate surface area is 130 Å². The third-order valence-corrected chi connectivity index (χ3v) is 3.44. The van der Waals surface area contributed by atoms with Gasteiger partial charge in [0.25, 0.3) is 0 Å². The first-order valence-electron chi connectivity index (χ1n) is 6.09. The van der Waals surface area contributed by atoms with E-state index in [1.807, 2.05) is 19.1 Å². The van der Waals surface area contributed by atoms with Gasteiger partial charge in [-0.3, -0.25) is 0 Å². The van der Waals surface area contributed by atoms with Gasteiger partial charge in [0.15, 0.2) is 0 Å². The zero-order valence-electron chi connectivity index (χ0n) is 10.8. The summed E-state index contributed by atoms with van der Waals surface area (Å²) in [5.41, 5.74) is 0.856. The van der Waals surface area contributed by atoms with Crippen molar-refractivity contribution < 1.29 is 9.13 Å². The normalized spacial score (nSPS) is 10.6. The molecule has 2 aromatic rings. The highest BCUT2D eigenvalue weighted by Gasteiger charge is 2.09. The molecular weight excluding hydrogens is 347 g/mol. The predicted octanol–water partition coefficient (Wildman–Crippen LogP) is 4.54. The van der Waals surface area contributed by atoms with Crippen molar-refractivity contribution in [2.75, 3.05) is 6.54 Å². The van der Waals surface area contributed by atoms with Gasteiger partial charge in [0, 0.05) is 18.7 Å². The molecule has 1 N–H and O–H groups in total. The van der Waals surface area contributed by atoms with Crippen LogP contribution in [-0.4, -0.2) is 11.5 Å². The second-order valence-corrected chi connectivity index (χ2v) is 5.31. The van der Waals surface area contributed by atoms with Gasteiger partial charge in [0.1, 0.15) is 11.6 Å². The SMILES string of the molecule is CCNCc1cccc(Oc2cc(F)c(Cl)cc2Br)n1. The summed E-state index contributed by atoms with van der Waals surface area (Å²) in [6.45, 7) is 3.54. The Morgan fingerprint density at radius 3 is 2.95 bits per heavy atom. The van der Waals surface area contributed by atoms with Gasteiger partial charge in [-0.05, 0) is 34.6 Å². The number of benzene rings is 1. The number of hydrogen-bond donors (Lipinski definition) is 1. The molecule has 0 aliphatic rings. The molecule has 3 nitrogen and oxygen atoms in total. The van der Waals surface area contributed by atoms with E-state index >= 15 is 0 Å². The zero-order chi connectivity index (χ0) is 14.5. The van der Waals surface area contributed by atoms with Gasteiger partial charge in [0.2, 0.25) is 5.88 Å². The molecule has 6 heteroatoms. The van der Waals surface area contributed by atoms with E-state index in [2.05, 4.69) is 26.2 Å². The van der Waals surface area contributed by atoms with Crippen LogP contribution < -0.4 is 10.1 Å². The first kappa shape index (κ1) is 15.2. The van der Waals surface area contributed by atoms with Crippen LogP contribution in [0.25, 0.3) is 0 Å². The minimum absolute atomic E-state index is 0.0399. The molecule has 0 radical (unpaired) electrons. The molecule has 0 saturated carbocycles. The van der Waals surface area contributed by atoms with E-state index in [-0.39, 0.29) is 5.02 Å². The van der Waals surface area contributed by atoms with E-state index in [1.54, 1.807) is 6.07 Å². The minimum Gasteiger partial charge on any atom is -0.438 e. The van der Waals surface area contributed by atoms with Crippen LogP contribution in [0.2, 0.25) is 5.02 Å². The van der Waals surface area contributed by atoms with Gasteiger partial charge < -0.3 is 10.1 Å². The Morgan fingerprint density at radius 2 is 2.20 bits per heavy atom. The van der Waals surface area contributed by atoms with Crippen molar-refractivity contribution in [3.05, 3.63) is 51.3 Å². The highest BCUT2D eigenvalue weighted by molar-refractivity contribution is 9.10. The molecule has 1 aromatic heterocycles. The van der Waals surface area contributed by atoms with Crippen molar-refractivity contribution in [2.24, 2.45) is 0 Å². The minimum atomic E-state index is -0.534. The fourth-order valence-corrected chi connectivity index (χ4v) is 2.28. The van der Waals surface area contributed by atoms with Crippen molar-refractivity contribution in [3.63, 3.8) is 0 Å². The molecule has 0 aliphatic carbocycles. The smallest absolute Gasteiger partial charge is 0.219 e. The Balaban J connectivity index is 2.19. The van der Waals surface area contributed by atoms with Gasteiger partial charge in [0.05, 0.1) is 15.2 Å².